The Morgan fingerprint density at radius 3 is 1.77 bits per heavy atom. The minimum Gasteiger partial charge on any atom is -0.280 e. The van der Waals surface area contributed by atoms with E-state index in [-0.39, 0.29) is 10.5 Å². The van der Waals surface area contributed by atoms with E-state index in [4.69, 9.17) is 11.6 Å². The van der Waals surface area contributed by atoms with E-state index in [0.717, 1.165) is 11.1 Å². The SMILES string of the molecule is Cc1ccc(NS(=O)(=O)c2ccc(C(=O)NNC(=O)c3ccc(Cl)cc3)cc2)cc1C. The summed E-state index contributed by atoms with van der Waals surface area (Å²) < 4.78 is 27.7. The fourth-order valence-corrected chi connectivity index (χ4v) is 3.84. The standard InChI is InChI=1S/C22H20ClN3O4S/c1-14-3-10-19(13-15(14)2)26-31(29,30)20-11-6-17(7-12-20)22(28)25-24-21(27)16-4-8-18(23)9-5-16/h3-13,26H,1-2H3,(H,24,27)(H,25,28). The molecule has 0 radical (unpaired) electrons. The van der Waals surface area contributed by atoms with Gasteiger partial charge in [-0.2, -0.15) is 0 Å². The van der Waals surface area contributed by atoms with E-state index >= 15 is 0 Å². The average Bonchev–Trinajstić information content (AvgIpc) is 2.75. The summed E-state index contributed by atoms with van der Waals surface area (Å²) in [6, 6.07) is 16.8. The molecule has 3 aromatic carbocycles. The number of carbonyl (C=O) groups excluding carboxylic acids is 2. The molecule has 3 rings (SSSR count). The lowest BCUT2D eigenvalue weighted by molar-refractivity contribution is 0.0846. The number of hydrazine groups is 1. The number of rotatable bonds is 5. The minimum absolute atomic E-state index is 0.00692. The zero-order valence-corrected chi connectivity index (χ0v) is 18.3. The van der Waals surface area contributed by atoms with E-state index in [1.165, 1.54) is 36.4 Å². The van der Waals surface area contributed by atoms with Crippen molar-refractivity contribution in [3.8, 4) is 0 Å². The molecule has 2 amide bonds. The van der Waals surface area contributed by atoms with Gasteiger partial charge < -0.3 is 0 Å². The van der Waals surface area contributed by atoms with Gasteiger partial charge in [0, 0.05) is 21.8 Å². The first-order chi connectivity index (χ1) is 14.7. The second-order valence-electron chi connectivity index (χ2n) is 6.84. The zero-order valence-electron chi connectivity index (χ0n) is 16.8. The molecule has 0 unspecified atom stereocenters. The highest BCUT2D eigenvalue weighted by molar-refractivity contribution is 7.92. The average molecular weight is 458 g/mol. The first kappa shape index (κ1) is 22.3. The molecule has 0 aromatic heterocycles. The molecule has 0 bridgehead atoms. The quantitative estimate of drug-likeness (QED) is 0.506. The molecule has 160 valence electrons. The van der Waals surface area contributed by atoms with E-state index in [0.29, 0.717) is 16.3 Å². The summed E-state index contributed by atoms with van der Waals surface area (Å²) in [7, 11) is -3.81. The molecule has 31 heavy (non-hydrogen) atoms. The van der Waals surface area contributed by atoms with Gasteiger partial charge in [-0.3, -0.25) is 25.2 Å². The number of halogens is 1. The van der Waals surface area contributed by atoms with Crippen LogP contribution in [-0.4, -0.2) is 20.2 Å². The molecule has 0 saturated carbocycles. The molecule has 0 heterocycles. The third-order valence-corrected chi connectivity index (χ3v) is 6.23. The molecule has 0 aliphatic rings. The normalized spacial score (nSPS) is 10.9. The maximum absolute atomic E-state index is 12.6. The van der Waals surface area contributed by atoms with Gasteiger partial charge >= 0.3 is 0 Å². The lowest BCUT2D eigenvalue weighted by Gasteiger charge is -2.11. The number of aryl methyl sites for hydroxylation is 2. The Hall–Kier alpha value is -3.36. The van der Waals surface area contributed by atoms with Crippen LogP contribution in [0.1, 0.15) is 31.8 Å². The fraction of sp³-hybridized carbons (Fsp3) is 0.0909. The number of carbonyl (C=O) groups is 2. The van der Waals surface area contributed by atoms with Crippen LogP contribution in [0.15, 0.2) is 71.6 Å². The highest BCUT2D eigenvalue weighted by Crippen LogP contribution is 2.19. The summed E-state index contributed by atoms with van der Waals surface area (Å²) in [5.41, 5.74) is 7.56. The van der Waals surface area contributed by atoms with Gasteiger partial charge in [0.1, 0.15) is 0 Å². The Kier molecular flexibility index (Phi) is 6.62. The highest BCUT2D eigenvalue weighted by atomic mass is 35.5. The van der Waals surface area contributed by atoms with E-state index in [1.54, 1.807) is 24.3 Å². The lowest BCUT2D eigenvalue weighted by Crippen LogP contribution is -2.41. The number of sulfonamides is 1. The van der Waals surface area contributed by atoms with Crippen molar-refractivity contribution in [2.75, 3.05) is 4.72 Å². The number of benzene rings is 3. The van der Waals surface area contributed by atoms with Crippen LogP contribution >= 0.6 is 11.6 Å². The summed E-state index contributed by atoms with van der Waals surface area (Å²) in [6.07, 6.45) is 0. The Labute approximate surface area is 185 Å². The van der Waals surface area contributed by atoms with Crippen molar-refractivity contribution in [2.24, 2.45) is 0 Å². The molecule has 0 spiro atoms. The van der Waals surface area contributed by atoms with Gasteiger partial charge in [-0.25, -0.2) is 8.42 Å². The Morgan fingerprint density at radius 2 is 1.26 bits per heavy atom. The second-order valence-corrected chi connectivity index (χ2v) is 8.96. The third kappa shape index (κ3) is 5.62. The highest BCUT2D eigenvalue weighted by Gasteiger charge is 2.16. The molecule has 3 aromatic rings. The molecule has 0 aliphatic carbocycles. The molecular weight excluding hydrogens is 438 g/mol. The first-order valence-corrected chi connectivity index (χ1v) is 11.1. The van der Waals surface area contributed by atoms with Crippen LogP contribution in [0, 0.1) is 13.8 Å². The van der Waals surface area contributed by atoms with E-state index in [2.05, 4.69) is 15.6 Å². The predicted octanol–water partition coefficient (Wildman–Crippen LogP) is 3.83. The maximum atomic E-state index is 12.6. The van der Waals surface area contributed by atoms with Crippen molar-refractivity contribution >= 4 is 39.1 Å². The van der Waals surface area contributed by atoms with Crippen LogP contribution in [0.5, 0.6) is 0 Å². The molecule has 0 atom stereocenters. The third-order valence-electron chi connectivity index (χ3n) is 4.58. The molecule has 0 fully saturated rings. The van der Waals surface area contributed by atoms with E-state index < -0.39 is 21.8 Å². The molecule has 9 heteroatoms. The van der Waals surface area contributed by atoms with E-state index in [1.807, 2.05) is 19.9 Å². The largest absolute Gasteiger partial charge is 0.280 e. The van der Waals surface area contributed by atoms with Crippen molar-refractivity contribution in [3.63, 3.8) is 0 Å². The Balaban J connectivity index is 1.64. The Morgan fingerprint density at radius 1 is 0.742 bits per heavy atom. The van der Waals surface area contributed by atoms with Crippen molar-refractivity contribution in [1.29, 1.82) is 0 Å². The van der Waals surface area contributed by atoms with Crippen LogP contribution in [0.4, 0.5) is 5.69 Å². The van der Waals surface area contributed by atoms with Crippen LogP contribution in [0.2, 0.25) is 5.02 Å². The van der Waals surface area contributed by atoms with Gasteiger partial charge in [0.15, 0.2) is 0 Å². The van der Waals surface area contributed by atoms with Crippen LogP contribution in [0.3, 0.4) is 0 Å². The lowest BCUT2D eigenvalue weighted by atomic mass is 10.1. The van der Waals surface area contributed by atoms with E-state index in [9.17, 15) is 18.0 Å². The van der Waals surface area contributed by atoms with Crippen molar-refractivity contribution in [3.05, 3.63) is 94.0 Å². The van der Waals surface area contributed by atoms with Gasteiger partial charge in [0.25, 0.3) is 21.8 Å². The van der Waals surface area contributed by atoms with Gasteiger partial charge in [0.05, 0.1) is 4.90 Å². The number of anilines is 1. The summed E-state index contributed by atoms with van der Waals surface area (Å²) in [4.78, 5) is 24.3. The number of hydrogen-bond acceptors (Lipinski definition) is 4. The van der Waals surface area contributed by atoms with Crippen LogP contribution < -0.4 is 15.6 Å². The molecular formula is C22H20ClN3O4S. The fourth-order valence-electron chi connectivity index (χ4n) is 2.66. The number of nitrogens with one attached hydrogen (secondary N) is 3. The summed E-state index contributed by atoms with van der Waals surface area (Å²) in [6.45, 7) is 3.83. The molecule has 0 saturated heterocycles. The first-order valence-electron chi connectivity index (χ1n) is 9.22. The monoisotopic (exact) mass is 457 g/mol. The minimum atomic E-state index is -3.81. The van der Waals surface area contributed by atoms with Crippen LogP contribution in [0.25, 0.3) is 0 Å². The second kappa shape index (κ2) is 9.20. The maximum Gasteiger partial charge on any atom is 0.269 e. The van der Waals surface area contributed by atoms with Gasteiger partial charge in [-0.05, 0) is 85.6 Å². The molecule has 7 nitrogen and oxygen atoms in total. The number of amides is 2. The topological polar surface area (TPSA) is 104 Å². The molecule has 0 aliphatic heterocycles. The smallest absolute Gasteiger partial charge is 0.269 e. The molecule has 3 N–H and O–H groups in total. The van der Waals surface area contributed by atoms with Gasteiger partial charge in [-0.15, -0.1) is 0 Å². The van der Waals surface area contributed by atoms with Crippen molar-refractivity contribution < 1.29 is 18.0 Å². The van der Waals surface area contributed by atoms with Crippen LogP contribution in [-0.2, 0) is 10.0 Å². The summed E-state index contributed by atoms with van der Waals surface area (Å²) >= 11 is 5.78. The summed E-state index contributed by atoms with van der Waals surface area (Å²) in [5.74, 6) is -1.10. The van der Waals surface area contributed by atoms with Gasteiger partial charge in [0.2, 0.25) is 0 Å². The van der Waals surface area contributed by atoms with Gasteiger partial charge in [-0.1, -0.05) is 17.7 Å². The summed E-state index contributed by atoms with van der Waals surface area (Å²) in [5, 5.41) is 0.489. The predicted molar refractivity (Wildman–Crippen MR) is 120 cm³/mol. The van der Waals surface area contributed by atoms with Crippen molar-refractivity contribution in [2.45, 2.75) is 18.7 Å². The number of hydrogen-bond donors (Lipinski definition) is 3. The van der Waals surface area contributed by atoms with Crippen molar-refractivity contribution in [1.82, 2.24) is 10.9 Å². The zero-order chi connectivity index (χ0) is 22.6. The Bertz CT molecular complexity index is 1220.